The van der Waals surface area contributed by atoms with Crippen molar-refractivity contribution in [3.63, 3.8) is 0 Å². The molecule has 0 aliphatic carbocycles. The van der Waals surface area contributed by atoms with Crippen LogP contribution >= 0.6 is 15.9 Å². The van der Waals surface area contributed by atoms with Gasteiger partial charge in [-0.15, -0.1) is 0 Å². The molecule has 0 radical (unpaired) electrons. The normalized spacial score (nSPS) is 12.3. The fourth-order valence-electron chi connectivity index (χ4n) is 1.48. The summed E-state index contributed by atoms with van der Waals surface area (Å²) < 4.78 is 19.1. The summed E-state index contributed by atoms with van der Waals surface area (Å²) in [5.74, 6) is -0.684. The van der Waals surface area contributed by atoms with E-state index in [2.05, 4.69) is 21.2 Å². The van der Waals surface area contributed by atoms with E-state index in [9.17, 15) is 14.3 Å². The Labute approximate surface area is 126 Å². The number of ether oxygens (including phenoxy) is 1. The summed E-state index contributed by atoms with van der Waals surface area (Å²) in [7, 11) is 0. The molecular weight excluding hydrogens is 329 g/mol. The summed E-state index contributed by atoms with van der Waals surface area (Å²) >= 11 is 3.14. The van der Waals surface area contributed by atoms with Crippen LogP contribution in [0.3, 0.4) is 0 Å². The number of rotatable bonds is 7. The molecule has 2 N–H and O–H groups in total. The number of halogens is 2. The van der Waals surface area contributed by atoms with Crippen LogP contribution in [0.25, 0.3) is 0 Å². The van der Waals surface area contributed by atoms with Gasteiger partial charge in [-0.3, -0.25) is 4.79 Å². The van der Waals surface area contributed by atoms with Crippen LogP contribution in [0.1, 0.15) is 20.3 Å². The molecule has 0 aromatic heterocycles. The molecule has 1 aromatic carbocycles. The van der Waals surface area contributed by atoms with Crippen LogP contribution in [0.15, 0.2) is 22.7 Å². The van der Waals surface area contributed by atoms with Gasteiger partial charge in [-0.25, -0.2) is 4.39 Å². The average molecular weight is 348 g/mol. The van der Waals surface area contributed by atoms with Crippen molar-refractivity contribution in [3.05, 3.63) is 28.5 Å². The molecule has 0 bridgehead atoms. The quantitative estimate of drug-likeness (QED) is 0.796. The molecule has 0 heterocycles. The molecule has 112 valence electrons. The molecule has 4 nitrogen and oxygen atoms in total. The summed E-state index contributed by atoms with van der Waals surface area (Å²) in [5, 5.41) is 12.2. The lowest BCUT2D eigenvalue weighted by Gasteiger charge is -2.14. The second kappa shape index (κ2) is 8.21. The van der Waals surface area contributed by atoms with Crippen LogP contribution < -0.4 is 10.1 Å². The molecule has 0 fully saturated rings. The van der Waals surface area contributed by atoms with Crippen molar-refractivity contribution < 1.29 is 19.0 Å². The third-order valence-corrected chi connectivity index (χ3v) is 3.28. The standard InChI is InChI=1S/C14H19BrFNO3/c1-9(2)12(18)5-6-17-14(19)8-20-13-4-3-10(15)7-11(13)16/h3-4,7,9,12,18H,5-6,8H2,1-2H3,(H,17,19). The molecular formula is C14H19BrFNO3. The molecule has 6 heteroatoms. The second-order valence-electron chi connectivity index (χ2n) is 4.81. The number of hydrogen-bond donors (Lipinski definition) is 2. The van der Waals surface area contributed by atoms with Crippen molar-refractivity contribution in [2.45, 2.75) is 26.4 Å². The Morgan fingerprint density at radius 3 is 2.80 bits per heavy atom. The van der Waals surface area contributed by atoms with Crippen LogP contribution in [0, 0.1) is 11.7 Å². The minimum absolute atomic E-state index is 0.0329. The lowest BCUT2D eigenvalue weighted by molar-refractivity contribution is -0.123. The first-order chi connectivity index (χ1) is 9.40. The van der Waals surface area contributed by atoms with E-state index in [-0.39, 0.29) is 24.2 Å². The van der Waals surface area contributed by atoms with E-state index in [0.717, 1.165) is 0 Å². The summed E-state index contributed by atoms with van der Waals surface area (Å²) in [6, 6.07) is 4.36. The monoisotopic (exact) mass is 347 g/mol. The number of hydrogen-bond acceptors (Lipinski definition) is 3. The minimum atomic E-state index is -0.526. The molecule has 1 amide bonds. The van der Waals surface area contributed by atoms with E-state index in [1.165, 1.54) is 12.1 Å². The van der Waals surface area contributed by atoms with Gasteiger partial charge in [-0.1, -0.05) is 29.8 Å². The Balaban J connectivity index is 2.29. The predicted octanol–water partition coefficient (Wildman–Crippen LogP) is 2.49. The van der Waals surface area contributed by atoms with Crippen LogP contribution in [-0.4, -0.2) is 30.3 Å². The Morgan fingerprint density at radius 1 is 1.50 bits per heavy atom. The summed E-state index contributed by atoms with van der Waals surface area (Å²) in [5.41, 5.74) is 0. The molecule has 1 unspecified atom stereocenters. The maximum absolute atomic E-state index is 13.4. The number of amides is 1. The Hall–Kier alpha value is -1.14. The number of carbonyl (C=O) groups is 1. The van der Waals surface area contributed by atoms with Gasteiger partial charge in [0.25, 0.3) is 5.91 Å². The van der Waals surface area contributed by atoms with E-state index in [0.29, 0.717) is 17.4 Å². The molecule has 0 aliphatic rings. The summed E-state index contributed by atoms with van der Waals surface area (Å²) in [6.45, 7) is 3.93. The molecule has 1 aromatic rings. The highest BCUT2D eigenvalue weighted by Gasteiger charge is 2.10. The highest BCUT2D eigenvalue weighted by Crippen LogP contribution is 2.21. The van der Waals surface area contributed by atoms with Gasteiger partial charge in [-0.2, -0.15) is 0 Å². The molecule has 0 spiro atoms. The van der Waals surface area contributed by atoms with Gasteiger partial charge < -0.3 is 15.2 Å². The third kappa shape index (κ3) is 5.88. The first-order valence-electron chi connectivity index (χ1n) is 6.42. The summed E-state index contributed by atoms with van der Waals surface area (Å²) in [6.07, 6.45) is 0.0379. The van der Waals surface area contributed by atoms with Gasteiger partial charge in [0.15, 0.2) is 18.2 Å². The maximum Gasteiger partial charge on any atom is 0.257 e. The van der Waals surface area contributed by atoms with Gasteiger partial charge in [0.2, 0.25) is 0 Å². The van der Waals surface area contributed by atoms with Crippen molar-refractivity contribution in [1.82, 2.24) is 5.32 Å². The van der Waals surface area contributed by atoms with Crippen molar-refractivity contribution in [2.75, 3.05) is 13.2 Å². The number of aliphatic hydroxyl groups is 1. The zero-order valence-electron chi connectivity index (χ0n) is 11.5. The molecule has 0 saturated carbocycles. The van der Waals surface area contributed by atoms with Gasteiger partial charge in [0.05, 0.1) is 6.10 Å². The van der Waals surface area contributed by atoms with Crippen molar-refractivity contribution >= 4 is 21.8 Å². The predicted molar refractivity (Wildman–Crippen MR) is 78.1 cm³/mol. The molecule has 1 atom stereocenters. The first kappa shape index (κ1) is 16.9. The van der Waals surface area contributed by atoms with Gasteiger partial charge in [0, 0.05) is 11.0 Å². The minimum Gasteiger partial charge on any atom is -0.481 e. The summed E-state index contributed by atoms with van der Waals surface area (Å²) in [4.78, 5) is 11.5. The number of aliphatic hydroxyl groups excluding tert-OH is 1. The van der Waals surface area contributed by atoms with Crippen molar-refractivity contribution in [3.8, 4) is 5.75 Å². The molecule has 0 aliphatic heterocycles. The largest absolute Gasteiger partial charge is 0.481 e. The number of nitrogens with one attached hydrogen (secondary N) is 1. The topological polar surface area (TPSA) is 58.6 Å². The molecule has 0 saturated heterocycles. The van der Waals surface area contributed by atoms with E-state index < -0.39 is 11.9 Å². The smallest absolute Gasteiger partial charge is 0.257 e. The Bertz CT molecular complexity index is 454. The van der Waals surface area contributed by atoms with Gasteiger partial charge in [0.1, 0.15) is 0 Å². The van der Waals surface area contributed by atoms with E-state index in [1.54, 1.807) is 6.07 Å². The van der Waals surface area contributed by atoms with E-state index >= 15 is 0 Å². The first-order valence-corrected chi connectivity index (χ1v) is 7.22. The zero-order valence-corrected chi connectivity index (χ0v) is 13.1. The van der Waals surface area contributed by atoms with Crippen LogP contribution in [0.5, 0.6) is 5.75 Å². The van der Waals surface area contributed by atoms with Crippen molar-refractivity contribution in [1.29, 1.82) is 0 Å². The lowest BCUT2D eigenvalue weighted by atomic mass is 10.0. The van der Waals surface area contributed by atoms with Crippen molar-refractivity contribution in [2.24, 2.45) is 5.92 Å². The SMILES string of the molecule is CC(C)C(O)CCNC(=O)COc1ccc(Br)cc1F. The fourth-order valence-corrected chi connectivity index (χ4v) is 1.81. The Kier molecular flexibility index (Phi) is 6.95. The lowest BCUT2D eigenvalue weighted by Crippen LogP contribution is -2.32. The number of benzene rings is 1. The highest BCUT2D eigenvalue weighted by atomic mass is 79.9. The third-order valence-electron chi connectivity index (χ3n) is 2.78. The van der Waals surface area contributed by atoms with Crippen LogP contribution in [0.2, 0.25) is 0 Å². The van der Waals surface area contributed by atoms with Gasteiger partial charge in [-0.05, 0) is 30.5 Å². The highest BCUT2D eigenvalue weighted by molar-refractivity contribution is 9.10. The fraction of sp³-hybridized carbons (Fsp3) is 0.500. The molecule has 20 heavy (non-hydrogen) atoms. The molecule has 1 rings (SSSR count). The second-order valence-corrected chi connectivity index (χ2v) is 5.73. The average Bonchev–Trinajstić information content (AvgIpc) is 2.37. The van der Waals surface area contributed by atoms with Crippen LogP contribution in [-0.2, 0) is 4.79 Å². The van der Waals surface area contributed by atoms with E-state index in [4.69, 9.17) is 4.74 Å². The zero-order chi connectivity index (χ0) is 15.1. The maximum atomic E-state index is 13.4. The van der Waals surface area contributed by atoms with Gasteiger partial charge >= 0.3 is 0 Å². The van der Waals surface area contributed by atoms with E-state index in [1.807, 2.05) is 13.8 Å². The Morgan fingerprint density at radius 2 is 2.20 bits per heavy atom. The van der Waals surface area contributed by atoms with Crippen LogP contribution in [0.4, 0.5) is 4.39 Å². The number of carbonyl (C=O) groups excluding carboxylic acids is 1.